The van der Waals surface area contributed by atoms with Gasteiger partial charge in [-0.1, -0.05) is 12.1 Å². The van der Waals surface area contributed by atoms with Crippen molar-refractivity contribution < 1.29 is 4.79 Å². The average molecular weight is 399 g/mol. The summed E-state index contributed by atoms with van der Waals surface area (Å²) in [6, 6.07) is 17.7. The second-order valence-electron chi connectivity index (χ2n) is 7.09. The normalized spacial score (nSPS) is 10.8. The van der Waals surface area contributed by atoms with E-state index in [1.807, 2.05) is 37.2 Å². The molecule has 0 saturated heterocycles. The van der Waals surface area contributed by atoms with Gasteiger partial charge >= 0.3 is 0 Å². The molecule has 0 spiro atoms. The molecule has 4 aromatic rings. The Morgan fingerprint density at radius 2 is 1.73 bits per heavy atom. The first-order valence-corrected chi connectivity index (χ1v) is 9.48. The number of hydrogen-bond acceptors (Lipinski definition) is 5. The molecule has 0 unspecified atom stereocenters. The summed E-state index contributed by atoms with van der Waals surface area (Å²) in [4.78, 5) is 36.3. The summed E-state index contributed by atoms with van der Waals surface area (Å²) >= 11 is 0. The van der Waals surface area contributed by atoms with Gasteiger partial charge in [-0.25, -0.2) is 9.97 Å². The van der Waals surface area contributed by atoms with E-state index in [0.717, 1.165) is 0 Å². The van der Waals surface area contributed by atoms with Crippen molar-refractivity contribution in [1.29, 1.82) is 0 Å². The summed E-state index contributed by atoms with van der Waals surface area (Å²) in [5.74, 6) is 1.01. The highest BCUT2D eigenvalue weighted by atomic mass is 16.1. The number of hydrogen-bond donors (Lipinski definition) is 1. The van der Waals surface area contributed by atoms with Crippen molar-refractivity contribution in [2.24, 2.45) is 0 Å². The van der Waals surface area contributed by atoms with Crippen molar-refractivity contribution in [3.05, 3.63) is 88.6 Å². The monoisotopic (exact) mass is 399 g/mol. The lowest BCUT2D eigenvalue weighted by atomic mass is 10.1. The van der Waals surface area contributed by atoms with Crippen LogP contribution < -0.4 is 15.8 Å². The molecule has 0 aliphatic rings. The maximum Gasteiger partial charge on any atom is 0.265 e. The van der Waals surface area contributed by atoms with Gasteiger partial charge in [0.1, 0.15) is 5.82 Å². The largest absolute Gasteiger partial charge is 0.361 e. The lowest BCUT2D eigenvalue weighted by Gasteiger charge is -2.16. The van der Waals surface area contributed by atoms with Gasteiger partial charge in [0.15, 0.2) is 5.82 Å². The molecule has 0 aliphatic carbocycles. The first-order valence-electron chi connectivity index (χ1n) is 9.48. The number of para-hydroxylation sites is 1. The first kappa shape index (κ1) is 19.3. The summed E-state index contributed by atoms with van der Waals surface area (Å²) in [5, 5.41) is 3.44. The molecule has 0 saturated carbocycles. The summed E-state index contributed by atoms with van der Waals surface area (Å²) < 4.78 is 1.55. The van der Waals surface area contributed by atoms with E-state index in [2.05, 4.69) is 15.3 Å². The maximum atomic E-state index is 12.9. The van der Waals surface area contributed by atoms with Gasteiger partial charge < -0.3 is 10.2 Å². The molecule has 0 atom stereocenters. The van der Waals surface area contributed by atoms with E-state index in [9.17, 15) is 9.59 Å². The first-order chi connectivity index (χ1) is 14.5. The van der Waals surface area contributed by atoms with Crippen LogP contribution in [-0.2, 0) is 0 Å². The van der Waals surface area contributed by atoms with Gasteiger partial charge in [0.2, 0.25) is 0 Å². The van der Waals surface area contributed by atoms with Crippen LogP contribution in [-0.4, -0.2) is 34.5 Å². The molecule has 2 aromatic carbocycles. The third-order valence-corrected chi connectivity index (χ3v) is 4.79. The zero-order valence-corrected chi connectivity index (χ0v) is 17.0. The van der Waals surface area contributed by atoms with Gasteiger partial charge in [0.25, 0.3) is 11.5 Å². The predicted octanol–water partition coefficient (Wildman–Crippen LogP) is 3.41. The van der Waals surface area contributed by atoms with E-state index < -0.39 is 0 Å². The number of aryl methyl sites for hydroxylation is 1. The number of pyridine rings is 1. The number of anilines is 2. The van der Waals surface area contributed by atoms with Crippen molar-refractivity contribution in [3.63, 3.8) is 0 Å². The van der Waals surface area contributed by atoms with Gasteiger partial charge in [-0.2, -0.15) is 0 Å². The maximum absolute atomic E-state index is 12.9. The number of nitrogens with zero attached hydrogens (tertiary/aromatic N) is 4. The Morgan fingerprint density at radius 1 is 1.00 bits per heavy atom. The Labute approximate surface area is 173 Å². The van der Waals surface area contributed by atoms with Gasteiger partial charge in [-0.3, -0.25) is 14.2 Å². The average Bonchev–Trinajstić information content (AvgIpc) is 2.74. The Morgan fingerprint density at radius 3 is 2.47 bits per heavy atom. The molecule has 0 radical (unpaired) electrons. The van der Waals surface area contributed by atoms with Crippen molar-refractivity contribution >= 4 is 28.3 Å². The molecule has 0 bridgehead atoms. The smallest absolute Gasteiger partial charge is 0.265 e. The highest BCUT2D eigenvalue weighted by Crippen LogP contribution is 2.21. The number of nitrogens with one attached hydrogen (secondary N) is 1. The Balaban J connectivity index is 1.65. The van der Waals surface area contributed by atoms with Crippen molar-refractivity contribution in [2.75, 3.05) is 24.3 Å². The van der Waals surface area contributed by atoms with Crippen molar-refractivity contribution in [2.45, 2.75) is 6.92 Å². The Hall–Kier alpha value is -4.00. The molecular weight excluding hydrogens is 378 g/mol. The molecule has 2 heterocycles. The minimum Gasteiger partial charge on any atom is -0.361 e. The fourth-order valence-corrected chi connectivity index (χ4v) is 3.36. The molecule has 0 aliphatic heterocycles. The van der Waals surface area contributed by atoms with E-state index in [-0.39, 0.29) is 11.5 Å². The SMILES string of the molecule is Cc1nc2ccccc2c(=O)n1-c1ccc(C(=O)Nc2cccnc2N(C)C)cc1. The molecule has 1 N–H and O–H groups in total. The van der Waals surface area contributed by atoms with Gasteiger partial charge in [-0.05, 0) is 55.5 Å². The van der Waals surface area contributed by atoms with Crippen LogP contribution >= 0.6 is 0 Å². The van der Waals surface area contributed by atoms with E-state index in [1.54, 1.807) is 60.2 Å². The highest BCUT2D eigenvalue weighted by molar-refractivity contribution is 6.05. The summed E-state index contributed by atoms with van der Waals surface area (Å²) in [5.41, 5.74) is 2.29. The fraction of sp³-hybridized carbons (Fsp3) is 0.130. The zero-order valence-electron chi connectivity index (χ0n) is 17.0. The van der Waals surface area contributed by atoms with Crippen LogP contribution in [0.4, 0.5) is 11.5 Å². The second kappa shape index (κ2) is 7.79. The lowest BCUT2D eigenvalue weighted by molar-refractivity contribution is 0.102. The Kier molecular flexibility index (Phi) is 5.02. The van der Waals surface area contributed by atoms with Crippen molar-refractivity contribution in [3.8, 4) is 5.69 Å². The lowest BCUT2D eigenvalue weighted by Crippen LogP contribution is -2.22. The number of aromatic nitrogens is 3. The number of fused-ring (bicyclic) bond motifs is 1. The molecule has 1 amide bonds. The van der Waals surface area contributed by atoms with Gasteiger partial charge in [-0.15, -0.1) is 0 Å². The number of carbonyl (C=O) groups is 1. The minimum atomic E-state index is -0.252. The van der Waals surface area contributed by atoms with Crippen LogP contribution in [0.25, 0.3) is 16.6 Å². The molecule has 4 rings (SSSR count). The van der Waals surface area contributed by atoms with E-state index >= 15 is 0 Å². The minimum absolute atomic E-state index is 0.138. The zero-order chi connectivity index (χ0) is 21.3. The number of carbonyl (C=O) groups excluding carboxylic acids is 1. The number of amides is 1. The van der Waals surface area contributed by atoms with Crippen LogP contribution in [0.3, 0.4) is 0 Å². The highest BCUT2D eigenvalue weighted by Gasteiger charge is 2.13. The molecule has 30 heavy (non-hydrogen) atoms. The van der Waals surface area contributed by atoms with Gasteiger partial charge in [0, 0.05) is 25.9 Å². The van der Waals surface area contributed by atoms with E-state index in [0.29, 0.717) is 39.5 Å². The van der Waals surface area contributed by atoms with E-state index in [4.69, 9.17) is 0 Å². The quantitative estimate of drug-likeness (QED) is 0.569. The number of rotatable bonds is 4. The molecule has 7 heteroatoms. The van der Waals surface area contributed by atoms with E-state index in [1.165, 1.54) is 0 Å². The standard InChI is InChI=1S/C23H21N5O2/c1-15-25-19-8-5-4-7-18(19)23(30)28(15)17-12-10-16(11-13-17)22(29)26-20-9-6-14-24-21(20)27(2)3/h4-14H,1-3H3,(H,26,29). The third kappa shape index (κ3) is 3.53. The second-order valence-corrected chi connectivity index (χ2v) is 7.09. The summed E-state index contributed by atoms with van der Waals surface area (Å²) in [7, 11) is 3.73. The van der Waals surface area contributed by atoms with Crippen LogP contribution in [0.15, 0.2) is 71.7 Å². The van der Waals surface area contributed by atoms with Crippen molar-refractivity contribution in [1.82, 2.24) is 14.5 Å². The van der Waals surface area contributed by atoms with Crippen LogP contribution in [0.2, 0.25) is 0 Å². The van der Waals surface area contributed by atoms with Gasteiger partial charge in [0.05, 0.1) is 22.3 Å². The topological polar surface area (TPSA) is 80.1 Å². The van der Waals surface area contributed by atoms with Crippen LogP contribution in [0.1, 0.15) is 16.2 Å². The molecule has 7 nitrogen and oxygen atoms in total. The predicted molar refractivity (Wildman–Crippen MR) is 119 cm³/mol. The summed E-state index contributed by atoms with van der Waals surface area (Å²) in [6.45, 7) is 1.79. The van der Waals surface area contributed by atoms with Crippen LogP contribution in [0, 0.1) is 6.92 Å². The Bertz CT molecular complexity index is 1290. The summed E-state index contributed by atoms with van der Waals surface area (Å²) in [6.07, 6.45) is 1.68. The molecule has 150 valence electrons. The molecule has 0 fully saturated rings. The molecule has 2 aromatic heterocycles. The number of benzene rings is 2. The molecular formula is C23H21N5O2. The fourth-order valence-electron chi connectivity index (χ4n) is 3.36. The third-order valence-electron chi connectivity index (χ3n) is 4.79. The van der Waals surface area contributed by atoms with Crippen LogP contribution in [0.5, 0.6) is 0 Å².